The quantitative estimate of drug-likeness (QED) is 0.765. The minimum absolute atomic E-state index is 0.282. The Bertz CT molecular complexity index is 204. The van der Waals surface area contributed by atoms with E-state index in [1.165, 1.54) is 39.0 Å². The van der Waals surface area contributed by atoms with Crippen LogP contribution in [0.5, 0.6) is 0 Å². The molecule has 0 unspecified atom stereocenters. The number of rotatable bonds is 6. The van der Waals surface area contributed by atoms with Crippen LogP contribution in [-0.4, -0.2) is 61.2 Å². The van der Waals surface area contributed by atoms with Crippen molar-refractivity contribution in [3.8, 4) is 0 Å². The maximum atomic E-state index is 3.71. The Morgan fingerprint density at radius 3 is 2.06 bits per heavy atom. The van der Waals surface area contributed by atoms with Gasteiger partial charge in [0, 0.05) is 44.3 Å². The van der Waals surface area contributed by atoms with E-state index >= 15 is 0 Å². The molecule has 0 amide bonds. The van der Waals surface area contributed by atoms with E-state index < -0.39 is 0 Å². The van der Waals surface area contributed by atoms with Crippen LogP contribution in [0.25, 0.3) is 0 Å². The first-order valence-electron chi connectivity index (χ1n) is 7.16. The van der Waals surface area contributed by atoms with E-state index in [9.17, 15) is 0 Å². The molecule has 1 heterocycles. The van der Waals surface area contributed by atoms with E-state index in [2.05, 4.69) is 49.9 Å². The summed E-state index contributed by atoms with van der Waals surface area (Å²) in [7, 11) is 2.22. The Balaban J connectivity index is 2.39. The molecule has 1 rings (SSSR count). The van der Waals surface area contributed by atoms with Gasteiger partial charge in [-0.2, -0.15) is 0 Å². The molecular formula is C14H31N3. The average molecular weight is 241 g/mol. The highest BCUT2D eigenvalue weighted by Crippen LogP contribution is 2.16. The van der Waals surface area contributed by atoms with Gasteiger partial charge in [-0.1, -0.05) is 13.8 Å². The standard InChI is InChI=1S/C14H31N3/c1-6-13(7-2)15-12-14(3,4)17-10-8-16(5)9-11-17/h13,15H,6-12H2,1-5H3. The van der Waals surface area contributed by atoms with Crippen LogP contribution in [0.15, 0.2) is 0 Å². The van der Waals surface area contributed by atoms with Gasteiger partial charge in [0.15, 0.2) is 0 Å². The van der Waals surface area contributed by atoms with Crippen molar-refractivity contribution in [3.05, 3.63) is 0 Å². The minimum atomic E-state index is 0.282. The first-order valence-corrected chi connectivity index (χ1v) is 7.16. The molecule has 1 N–H and O–H groups in total. The van der Waals surface area contributed by atoms with Gasteiger partial charge in [0.2, 0.25) is 0 Å². The predicted octanol–water partition coefficient (Wildman–Crippen LogP) is 1.79. The van der Waals surface area contributed by atoms with E-state index in [4.69, 9.17) is 0 Å². The normalized spacial score (nSPS) is 20.1. The summed E-state index contributed by atoms with van der Waals surface area (Å²) in [5, 5.41) is 3.71. The molecule has 1 aliphatic heterocycles. The summed E-state index contributed by atoms with van der Waals surface area (Å²) in [5.74, 6) is 0. The maximum absolute atomic E-state index is 3.71. The van der Waals surface area contributed by atoms with Crippen LogP contribution in [0.2, 0.25) is 0 Å². The zero-order chi connectivity index (χ0) is 12.9. The van der Waals surface area contributed by atoms with Gasteiger partial charge in [-0.3, -0.25) is 4.90 Å². The Labute approximate surface area is 108 Å². The fraction of sp³-hybridized carbons (Fsp3) is 1.00. The molecule has 0 atom stereocenters. The topological polar surface area (TPSA) is 18.5 Å². The van der Waals surface area contributed by atoms with Gasteiger partial charge in [0.1, 0.15) is 0 Å². The molecule has 1 fully saturated rings. The van der Waals surface area contributed by atoms with Crippen molar-refractivity contribution in [2.75, 3.05) is 39.8 Å². The molecule has 0 spiro atoms. The van der Waals surface area contributed by atoms with Gasteiger partial charge >= 0.3 is 0 Å². The second-order valence-electron chi connectivity index (χ2n) is 6.00. The molecule has 1 saturated heterocycles. The smallest absolute Gasteiger partial charge is 0.0278 e. The summed E-state index contributed by atoms with van der Waals surface area (Å²) in [5.41, 5.74) is 0.282. The third-order valence-corrected chi connectivity index (χ3v) is 4.17. The van der Waals surface area contributed by atoms with Crippen molar-refractivity contribution in [1.82, 2.24) is 15.1 Å². The number of likely N-dealkylation sites (N-methyl/N-ethyl adjacent to an activating group) is 1. The monoisotopic (exact) mass is 241 g/mol. The van der Waals surface area contributed by atoms with Gasteiger partial charge in [-0.15, -0.1) is 0 Å². The van der Waals surface area contributed by atoms with Crippen LogP contribution in [0.4, 0.5) is 0 Å². The van der Waals surface area contributed by atoms with Crippen LogP contribution in [-0.2, 0) is 0 Å². The van der Waals surface area contributed by atoms with Crippen LogP contribution >= 0.6 is 0 Å². The Kier molecular flexibility index (Phi) is 5.90. The lowest BCUT2D eigenvalue weighted by Gasteiger charge is -2.44. The van der Waals surface area contributed by atoms with E-state index in [0.29, 0.717) is 6.04 Å². The van der Waals surface area contributed by atoms with Crippen molar-refractivity contribution in [2.24, 2.45) is 0 Å². The summed E-state index contributed by atoms with van der Waals surface area (Å²) in [6.07, 6.45) is 2.46. The van der Waals surface area contributed by atoms with Crippen LogP contribution in [0, 0.1) is 0 Å². The Morgan fingerprint density at radius 2 is 1.59 bits per heavy atom. The Hall–Kier alpha value is -0.120. The van der Waals surface area contributed by atoms with E-state index in [1.807, 2.05) is 0 Å². The van der Waals surface area contributed by atoms with Crippen molar-refractivity contribution >= 4 is 0 Å². The van der Waals surface area contributed by atoms with Gasteiger partial charge in [-0.05, 0) is 33.7 Å². The van der Waals surface area contributed by atoms with Gasteiger partial charge in [0.25, 0.3) is 0 Å². The lowest BCUT2D eigenvalue weighted by Crippen LogP contribution is -2.58. The first kappa shape index (κ1) is 14.9. The minimum Gasteiger partial charge on any atom is -0.312 e. The van der Waals surface area contributed by atoms with Crippen LogP contribution in [0.1, 0.15) is 40.5 Å². The number of piperazine rings is 1. The van der Waals surface area contributed by atoms with Crippen molar-refractivity contribution in [1.29, 1.82) is 0 Å². The zero-order valence-electron chi connectivity index (χ0n) is 12.4. The molecule has 0 bridgehead atoms. The molecule has 0 aromatic heterocycles. The number of nitrogens with one attached hydrogen (secondary N) is 1. The van der Waals surface area contributed by atoms with Gasteiger partial charge in [-0.25, -0.2) is 0 Å². The molecule has 0 aromatic rings. The fourth-order valence-corrected chi connectivity index (χ4v) is 2.50. The molecule has 17 heavy (non-hydrogen) atoms. The molecule has 3 heteroatoms. The van der Waals surface area contributed by atoms with Gasteiger partial charge in [0.05, 0.1) is 0 Å². The number of hydrogen-bond donors (Lipinski definition) is 1. The second-order valence-corrected chi connectivity index (χ2v) is 6.00. The highest BCUT2D eigenvalue weighted by Gasteiger charge is 2.29. The number of nitrogens with zero attached hydrogens (tertiary/aromatic N) is 2. The Morgan fingerprint density at radius 1 is 1.06 bits per heavy atom. The van der Waals surface area contributed by atoms with Gasteiger partial charge < -0.3 is 10.2 Å². The van der Waals surface area contributed by atoms with E-state index in [1.54, 1.807) is 0 Å². The third-order valence-electron chi connectivity index (χ3n) is 4.17. The molecule has 3 nitrogen and oxygen atoms in total. The third kappa shape index (κ3) is 4.57. The largest absolute Gasteiger partial charge is 0.312 e. The molecule has 0 aliphatic carbocycles. The maximum Gasteiger partial charge on any atom is 0.0278 e. The molecule has 1 aliphatic rings. The molecule has 0 saturated carbocycles. The van der Waals surface area contributed by atoms with Crippen molar-refractivity contribution in [2.45, 2.75) is 52.1 Å². The lowest BCUT2D eigenvalue weighted by molar-refractivity contribution is 0.0599. The summed E-state index contributed by atoms with van der Waals surface area (Å²) in [6, 6.07) is 0.682. The first-order chi connectivity index (χ1) is 7.99. The van der Waals surface area contributed by atoms with Crippen molar-refractivity contribution in [3.63, 3.8) is 0 Å². The van der Waals surface area contributed by atoms with Crippen LogP contribution < -0.4 is 5.32 Å². The van der Waals surface area contributed by atoms with E-state index in [-0.39, 0.29) is 5.54 Å². The molecule has 102 valence electrons. The fourth-order valence-electron chi connectivity index (χ4n) is 2.50. The van der Waals surface area contributed by atoms with E-state index in [0.717, 1.165) is 6.54 Å². The SMILES string of the molecule is CCC(CC)NCC(C)(C)N1CCN(C)CC1. The summed E-state index contributed by atoms with van der Waals surface area (Å²) in [4.78, 5) is 5.04. The highest BCUT2D eigenvalue weighted by atomic mass is 15.3. The lowest BCUT2D eigenvalue weighted by atomic mass is 10.0. The highest BCUT2D eigenvalue weighted by molar-refractivity contribution is 4.87. The summed E-state index contributed by atoms with van der Waals surface area (Å²) < 4.78 is 0. The predicted molar refractivity (Wildman–Crippen MR) is 75.5 cm³/mol. The number of hydrogen-bond acceptors (Lipinski definition) is 3. The zero-order valence-corrected chi connectivity index (χ0v) is 12.4. The summed E-state index contributed by atoms with van der Waals surface area (Å²) >= 11 is 0. The summed E-state index contributed by atoms with van der Waals surface area (Å²) in [6.45, 7) is 15.2. The molecular weight excluding hydrogens is 210 g/mol. The molecule has 0 aromatic carbocycles. The van der Waals surface area contributed by atoms with Crippen molar-refractivity contribution < 1.29 is 0 Å². The second kappa shape index (κ2) is 6.72. The van der Waals surface area contributed by atoms with Crippen LogP contribution in [0.3, 0.4) is 0 Å². The molecule has 0 radical (unpaired) electrons. The average Bonchev–Trinajstić information content (AvgIpc) is 2.31.